The number of amides is 2. The summed E-state index contributed by atoms with van der Waals surface area (Å²) in [5, 5.41) is 12.6. The largest absolute Gasteiger partial charge is 0.756 e. The van der Waals surface area contributed by atoms with E-state index in [1.807, 2.05) is 24.4 Å². The molecule has 6 N–H and O–H groups in total. The maximum atomic E-state index is 12.3. The number of ether oxygens (including phenoxy) is 4. The van der Waals surface area contributed by atoms with Gasteiger partial charge in [-0.2, -0.15) is 26.3 Å². The van der Waals surface area contributed by atoms with E-state index < -0.39 is 125 Å². The normalized spacial score (nSPS) is 22.8. The van der Waals surface area contributed by atoms with Crippen LogP contribution in [-0.4, -0.2) is 133 Å². The summed E-state index contributed by atoms with van der Waals surface area (Å²) in [7, 11) is -0.911. The first-order valence-corrected chi connectivity index (χ1v) is 30.5. The highest BCUT2D eigenvalue weighted by Crippen LogP contribution is 2.49. The second-order valence-corrected chi connectivity index (χ2v) is 23.6. The second-order valence-electron chi connectivity index (χ2n) is 15.2. The maximum Gasteiger partial charge on any atom is 0.471 e. The maximum absolute atomic E-state index is 12.3. The van der Waals surface area contributed by atoms with Gasteiger partial charge in [0.25, 0.3) is 18.9 Å². The van der Waals surface area contributed by atoms with E-state index in [4.69, 9.17) is 60.4 Å². The smallest absolute Gasteiger partial charge is 0.471 e. The summed E-state index contributed by atoms with van der Waals surface area (Å²) >= 11 is 5.54. The minimum atomic E-state index is -5.09. The van der Waals surface area contributed by atoms with Crippen molar-refractivity contribution < 1.29 is 116 Å². The van der Waals surface area contributed by atoms with Gasteiger partial charge < -0.3 is 58.0 Å². The molecule has 2 amide bonds. The number of aromatic nitrogens is 4. The summed E-state index contributed by atoms with van der Waals surface area (Å²) in [4.78, 5) is 105. The standard InChI is InChI=1S/C17H21F3N3O9PS2.C17H20F3N3O6S2.C7H4ClO3P.9H2/c1-9(35-34-2)31-11-6-13(32-12(11)8-30-33(27,28)29)23-7-10(14(24)22-16(23)26)4-3-5-21-15(25)17(18,19)20;1-9(31-30-2)28-11-6-13(29-12(11)8-24)23-7-10(14(25)22-16(23)27)4-3-5-21-15(26)17(18,19)20;8-12-10-6-4-2-1-3-5(6)7(9)11-12;;;;;;;;;/h7,9,11-13H,5-6,8H2,1-2H3,(H,21,25)(H,22,24,26)(H2,27,28,29);7,9,11-13,24H,5-6,8H2,1-2H3,(H,21,26)(H,22,25,27);1-4H;9*1H/p-1/t2*9-,11?,12+,13+;;;;;;;;;;/m00........../s1/i;;;7*1+2T;2*1+2. The van der Waals surface area contributed by atoms with Crippen LogP contribution >= 0.6 is 70.0 Å². The molecule has 0 saturated carbocycles. The minimum absolute atomic E-state index is 0. The lowest BCUT2D eigenvalue weighted by Gasteiger charge is -2.24. The monoisotopic (exact) mass is 1300 g/mol. The van der Waals surface area contributed by atoms with E-state index in [9.17, 15) is 74.5 Å². The van der Waals surface area contributed by atoms with E-state index in [0.29, 0.717) is 11.3 Å². The molecule has 10 atom stereocenters. The third-order valence-corrected chi connectivity index (χ3v) is 15.2. The molecule has 3 aliphatic rings. The number of rotatable bonds is 16. The minimum Gasteiger partial charge on any atom is -0.756 e. The van der Waals surface area contributed by atoms with Crippen LogP contribution in [0.3, 0.4) is 0 Å². The molecule has 1 aromatic carbocycles. The van der Waals surface area contributed by atoms with E-state index in [1.165, 1.54) is 48.5 Å². The van der Waals surface area contributed by atoms with Crippen molar-refractivity contribution in [3.05, 3.63) is 95.0 Å². The van der Waals surface area contributed by atoms with E-state index in [0.717, 1.165) is 21.5 Å². The van der Waals surface area contributed by atoms with Gasteiger partial charge in [0.15, 0.2) is 0 Å². The number of aliphatic hydroxyl groups is 1. The molecule has 0 spiro atoms. The van der Waals surface area contributed by atoms with Crippen LogP contribution in [0.4, 0.5) is 26.3 Å². The number of phosphoric acid groups is 1. The lowest BCUT2D eigenvalue weighted by Crippen LogP contribution is -2.37. The van der Waals surface area contributed by atoms with Gasteiger partial charge >= 0.3 is 49.2 Å². The van der Waals surface area contributed by atoms with Crippen molar-refractivity contribution in [3.8, 4) is 29.4 Å². The SMILES string of the molecule is CSS[C@@H](C)OC1C[C@H](n2cc(C#CCNC(=O)C(F)(F)F)c(=O)[nH]c2=O)O[C@@H]1CO.CSS[C@@H](C)OC1C[C@H](n2cc(C#CCNC(=O)C(F)(F)F)c(=O)[nH]c2=O)O[C@@H]1COP(=O)([O-])O.O=C1OP(Cl)Oc2ccccc21.[3HH].[3HH].[3H][3H].[3H][3H].[3H][3H].[3H][3H].[3H][3H].[3H][3H].[3H][3H]. The number of hydrogen-bond donors (Lipinski definition) is 6. The van der Waals surface area contributed by atoms with Crippen molar-refractivity contribution in [3.63, 3.8) is 0 Å². The van der Waals surface area contributed by atoms with Gasteiger partial charge in [-0.1, -0.05) is 79.0 Å². The number of aliphatic hydroxyl groups excluding tert-OH is 1. The Morgan fingerprint density at radius 2 is 1.31 bits per heavy atom. The third-order valence-electron chi connectivity index (χ3n) is 9.76. The number of carbonyl (C=O) groups is 3. The van der Waals surface area contributed by atoms with E-state index in [1.54, 1.807) is 36.5 Å². The molecule has 24 nitrogen and oxygen atoms in total. The third kappa shape index (κ3) is 20.9. The molecular formula is C41H62ClF6N6O18P2S4-. The number of aromatic amines is 2. The van der Waals surface area contributed by atoms with E-state index in [-0.39, 0.29) is 44.3 Å². The number of phosphoric ester groups is 1. The molecule has 2 saturated heterocycles. The van der Waals surface area contributed by atoms with Crippen LogP contribution in [0.25, 0.3) is 0 Å². The molecule has 3 aliphatic heterocycles. The van der Waals surface area contributed by atoms with Crippen LogP contribution in [0.2, 0.25) is 0 Å². The molecule has 6 rings (SSSR count). The summed E-state index contributed by atoms with van der Waals surface area (Å²) in [5.41, 5.74) is -4.11. The number of hydrogen-bond acceptors (Lipinski definition) is 21. The highest BCUT2D eigenvalue weighted by Gasteiger charge is 2.41. The van der Waals surface area contributed by atoms with Crippen LogP contribution < -0.4 is 42.5 Å². The lowest BCUT2D eigenvalue weighted by molar-refractivity contribution is -0.223. The number of nitrogens with one attached hydrogen (secondary N) is 4. The summed E-state index contributed by atoms with van der Waals surface area (Å²) in [6, 6.07) is 6.84. The molecule has 5 heterocycles. The first-order chi connectivity index (χ1) is 43.5. The Morgan fingerprint density at radius 3 is 1.74 bits per heavy atom. The van der Waals surface area contributed by atoms with Crippen LogP contribution in [0.5, 0.6) is 5.75 Å². The van der Waals surface area contributed by atoms with Crippen LogP contribution in [-0.2, 0) is 42.1 Å². The number of para-hydroxylation sites is 1. The van der Waals surface area contributed by atoms with Gasteiger partial charge in [-0.3, -0.25) is 42.8 Å². The number of nitrogens with zero attached hydrogens (tertiary/aromatic N) is 2. The Hall–Kier alpha value is -4.48. The van der Waals surface area contributed by atoms with Gasteiger partial charge in [-0.15, -0.1) is 0 Å². The fraction of sp³-hybridized carbons (Fsp3) is 0.488. The zero-order valence-corrected chi connectivity index (χ0v) is 46.1. The van der Waals surface area contributed by atoms with Crippen molar-refractivity contribution in [1.82, 2.24) is 29.7 Å². The van der Waals surface area contributed by atoms with Gasteiger partial charge in [0, 0.05) is 48.9 Å². The van der Waals surface area contributed by atoms with Gasteiger partial charge in [0.2, 0.25) is 0 Å². The number of H-pyrrole nitrogens is 2. The van der Waals surface area contributed by atoms with Gasteiger partial charge in [0.05, 0.1) is 38.5 Å². The molecule has 37 heteroatoms. The van der Waals surface area contributed by atoms with Crippen molar-refractivity contribution in [2.24, 2.45) is 0 Å². The number of alkyl halides is 6. The predicted octanol–water partition coefficient (Wildman–Crippen LogP) is 5.58. The molecule has 0 bridgehead atoms. The summed E-state index contributed by atoms with van der Waals surface area (Å²) in [6.45, 7) is 1.24. The molecule has 448 valence electrons. The first kappa shape index (κ1) is 55.4. The number of fused-ring (bicyclic) bond motifs is 1. The van der Waals surface area contributed by atoms with Gasteiger partial charge in [-0.25, -0.2) is 14.4 Å². The Kier molecular flexibility index (Phi) is 21.6. The Labute approximate surface area is 482 Å². The summed E-state index contributed by atoms with van der Waals surface area (Å²) in [5.74, 6) is 4.70. The van der Waals surface area contributed by atoms with E-state index >= 15 is 0 Å². The summed E-state index contributed by atoms with van der Waals surface area (Å²) in [6.07, 6.45) is -9.00. The van der Waals surface area contributed by atoms with Crippen LogP contribution in [0.1, 0.15) is 84.3 Å². The topological polar surface area (TPSA) is 330 Å². The van der Waals surface area contributed by atoms with Crippen LogP contribution in [0.15, 0.2) is 55.8 Å². The molecular weight excluding hydrogens is 1200 g/mol. The number of carbonyl (C=O) groups excluding carboxylic acids is 3. The van der Waals surface area contributed by atoms with Gasteiger partial charge in [0.1, 0.15) is 58.0 Å². The molecule has 0 aliphatic carbocycles. The molecule has 0 radical (unpaired) electrons. The predicted molar refractivity (Wildman–Crippen MR) is 290 cm³/mol. The van der Waals surface area contributed by atoms with Crippen LogP contribution in [0, 0.1) is 23.7 Å². The van der Waals surface area contributed by atoms with Crippen molar-refractivity contribution >= 4 is 87.8 Å². The number of benzene rings is 1. The van der Waals surface area contributed by atoms with Gasteiger partial charge in [-0.05, 0) is 49.7 Å². The fourth-order valence-corrected chi connectivity index (χ4v) is 10.7. The Balaban J connectivity index is -0.000000298. The molecule has 2 fully saturated rings. The molecule has 3 aromatic rings. The number of halogens is 7. The lowest BCUT2D eigenvalue weighted by atomic mass is 10.2. The van der Waals surface area contributed by atoms with Crippen molar-refractivity contribution in [1.29, 1.82) is 0 Å². The average molecular weight is 1300 g/mol. The zero-order valence-electron chi connectivity index (χ0n) is 54.3. The second kappa shape index (κ2) is 30.4. The quantitative estimate of drug-likeness (QED) is 0.0335. The zero-order chi connectivity index (χ0) is 72.1. The molecule has 78 heavy (non-hydrogen) atoms. The van der Waals surface area contributed by atoms with E-state index in [2.05, 4.69) is 37.7 Å². The molecule has 2 aromatic heterocycles. The molecule has 4 unspecified atom stereocenters. The highest BCUT2D eigenvalue weighted by atomic mass is 35.7. The average Bonchev–Trinajstić information content (AvgIpc) is 1.61. The first-order valence-electron chi connectivity index (χ1n) is 28.7. The van der Waals surface area contributed by atoms with Crippen molar-refractivity contribution in [2.45, 2.75) is 86.8 Å². The Morgan fingerprint density at radius 1 is 0.859 bits per heavy atom. The summed E-state index contributed by atoms with van der Waals surface area (Å²) < 4.78 is 193. The van der Waals surface area contributed by atoms with Crippen molar-refractivity contribution in [2.75, 3.05) is 38.8 Å². The fourth-order valence-electron chi connectivity index (χ4n) is 6.55. The Bertz CT molecular complexity index is 3070. The highest BCUT2D eigenvalue weighted by molar-refractivity contribution is 8.76.